The second kappa shape index (κ2) is 9.71. The molecule has 1 aromatic rings. The van der Waals surface area contributed by atoms with Crippen LogP contribution in [0, 0.1) is 0 Å². The van der Waals surface area contributed by atoms with E-state index in [0.29, 0.717) is 5.56 Å². The van der Waals surface area contributed by atoms with Gasteiger partial charge in [0.1, 0.15) is 0 Å². The number of rotatable bonds is 7. The minimum absolute atomic E-state index is 0.0127. The molecule has 1 aromatic carbocycles. The molecule has 0 aliphatic heterocycles. The van der Waals surface area contributed by atoms with Crippen molar-refractivity contribution in [2.24, 2.45) is 0 Å². The van der Waals surface area contributed by atoms with Crippen molar-refractivity contribution in [3.05, 3.63) is 29.8 Å². The van der Waals surface area contributed by atoms with Crippen molar-refractivity contribution in [1.29, 1.82) is 0 Å². The normalized spacial score (nSPS) is 11.3. The molecule has 130 valence electrons. The molecule has 3 amide bonds. The van der Waals surface area contributed by atoms with Gasteiger partial charge in [0.05, 0.1) is 6.42 Å². The Kier molecular flexibility index (Phi) is 7.97. The molecule has 1 atom stereocenters. The second-order valence-electron chi connectivity index (χ2n) is 4.85. The van der Waals surface area contributed by atoms with E-state index < -0.39 is 24.0 Å². The minimum Gasteiger partial charge on any atom is -0.453 e. The highest BCUT2D eigenvalue weighted by atomic mass is 32.2. The van der Waals surface area contributed by atoms with Crippen LogP contribution in [0.15, 0.2) is 29.2 Å². The molecule has 0 heterocycles. The number of esters is 1. The number of carbonyl (C=O) groups excluding carboxylic acids is 4. The number of hydrogen-bond acceptors (Lipinski definition) is 6. The molecule has 7 nitrogen and oxygen atoms in total. The fraction of sp³-hybridized carbons (Fsp3) is 0.375. The number of Topliss-reactive ketones (excluding diaryl/α,β-unsaturated/α-hetero) is 1. The topological polar surface area (TPSA) is 102 Å². The van der Waals surface area contributed by atoms with E-state index >= 15 is 0 Å². The summed E-state index contributed by atoms with van der Waals surface area (Å²) in [6, 6.07) is 6.40. The van der Waals surface area contributed by atoms with Crippen molar-refractivity contribution < 1.29 is 23.9 Å². The van der Waals surface area contributed by atoms with Gasteiger partial charge in [-0.3, -0.25) is 19.7 Å². The zero-order valence-electron chi connectivity index (χ0n) is 13.8. The van der Waals surface area contributed by atoms with Crippen molar-refractivity contribution in [3.63, 3.8) is 0 Å². The van der Waals surface area contributed by atoms with Crippen molar-refractivity contribution in [3.8, 4) is 0 Å². The van der Waals surface area contributed by atoms with Gasteiger partial charge in [0, 0.05) is 23.9 Å². The Morgan fingerprint density at radius 3 is 2.29 bits per heavy atom. The van der Waals surface area contributed by atoms with Crippen LogP contribution in [0.3, 0.4) is 0 Å². The van der Waals surface area contributed by atoms with Crippen LogP contribution in [-0.2, 0) is 14.3 Å². The van der Waals surface area contributed by atoms with Crippen molar-refractivity contribution >= 4 is 35.5 Å². The monoisotopic (exact) mass is 352 g/mol. The molecule has 24 heavy (non-hydrogen) atoms. The lowest BCUT2D eigenvalue weighted by Gasteiger charge is -2.12. The van der Waals surface area contributed by atoms with E-state index in [2.05, 4.69) is 5.32 Å². The van der Waals surface area contributed by atoms with Gasteiger partial charge >= 0.3 is 12.0 Å². The van der Waals surface area contributed by atoms with Gasteiger partial charge in [0.2, 0.25) is 0 Å². The lowest BCUT2D eigenvalue weighted by molar-refractivity contribution is -0.154. The van der Waals surface area contributed by atoms with Gasteiger partial charge < -0.3 is 10.1 Å². The lowest BCUT2D eigenvalue weighted by Crippen LogP contribution is -2.43. The van der Waals surface area contributed by atoms with Crippen LogP contribution in [0.4, 0.5) is 4.79 Å². The fourth-order valence-electron chi connectivity index (χ4n) is 1.72. The van der Waals surface area contributed by atoms with Crippen LogP contribution in [0.2, 0.25) is 0 Å². The van der Waals surface area contributed by atoms with Gasteiger partial charge in [-0.1, -0.05) is 12.1 Å². The third-order valence-corrected chi connectivity index (χ3v) is 3.85. The predicted octanol–water partition coefficient (Wildman–Crippen LogP) is 1.76. The summed E-state index contributed by atoms with van der Waals surface area (Å²) in [6.07, 6.45) is 0.668. The van der Waals surface area contributed by atoms with Crippen LogP contribution >= 0.6 is 11.8 Å². The average molecular weight is 352 g/mol. The molecule has 0 bridgehead atoms. The molecular formula is C16H20N2O5S. The Labute approximate surface area is 144 Å². The first-order chi connectivity index (χ1) is 11.4. The van der Waals surface area contributed by atoms with E-state index in [1.165, 1.54) is 14.0 Å². The molecule has 1 rings (SSSR count). The highest BCUT2D eigenvalue weighted by Gasteiger charge is 2.20. The summed E-state index contributed by atoms with van der Waals surface area (Å²) < 4.78 is 4.89. The highest BCUT2D eigenvalue weighted by molar-refractivity contribution is 7.98. The smallest absolute Gasteiger partial charge is 0.321 e. The molecule has 0 fully saturated rings. The number of nitrogens with one attached hydrogen (secondary N) is 2. The minimum atomic E-state index is -1.12. The van der Waals surface area contributed by atoms with Gasteiger partial charge in [0.25, 0.3) is 5.91 Å². The molecular weight excluding hydrogens is 332 g/mol. The summed E-state index contributed by atoms with van der Waals surface area (Å²) in [5, 5.41) is 4.21. The zero-order valence-corrected chi connectivity index (χ0v) is 14.6. The summed E-state index contributed by atoms with van der Waals surface area (Å²) >= 11 is 1.57. The van der Waals surface area contributed by atoms with Crippen LogP contribution in [0.1, 0.15) is 30.1 Å². The first kappa shape index (κ1) is 19.7. The number of benzene rings is 1. The molecule has 0 aliphatic rings. The first-order valence-corrected chi connectivity index (χ1v) is 8.49. The molecule has 0 saturated heterocycles. The number of carbonyl (C=O) groups is 4. The van der Waals surface area contributed by atoms with E-state index in [0.717, 1.165) is 4.90 Å². The Balaban J connectivity index is 2.43. The molecule has 0 radical (unpaired) electrons. The van der Waals surface area contributed by atoms with Gasteiger partial charge in [-0.05, 0) is 25.3 Å². The van der Waals surface area contributed by atoms with Crippen molar-refractivity contribution in [1.82, 2.24) is 10.6 Å². The maximum Gasteiger partial charge on any atom is 0.321 e. The third kappa shape index (κ3) is 6.41. The van der Waals surface area contributed by atoms with Gasteiger partial charge in [-0.2, -0.15) is 0 Å². The van der Waals surface area contributed by atoms with E-state index in [1.807, 2.05) is 23.7 Å². The SMILES string of the molecule is CNC(=O)NC(=O)[C@@H](C)OC(=O)CCC(=O)c1ccc(SC)cc1. The van der Waals surface area contributed by atoms with Gasteiger partial charge in [-0.15, -0.1) is 11.8 Å². The number of ketones is 1. The Morgan fingerprint density at radius 2 is 1.75 bits per heavy atom. The molecule has 8 heteroatoms. The van der Waals surface area contributed by atoms with Crippen LogP contribution < -0.4 is 10.6 Å². The number of urea groups is 1. The van der Waals surface area contributed by atoms with Crippen molar-refractivity contribution in [2.45, 2.75) is 30.8 Å². The van der Waals surface area contributed by atoms with E-state index in [9.17, 15) is 19.2 Å². The summed E-state index contributed by atoms with van der Waals surface area (Å²) in [5.74, 6) is -1.59. The zero-order chi connectivity index (χ0) is 18.1. The van der Waals surface area contributed by atoms with Gasteiger partial charge in [0.15, 0.2) is 11.9 Å². The van der Waals surface area contributed by atoms with E-state index in [-0.39, 0.29) is 18.6 Å². The third-order valence-electron chi connectivity index (χ3n) is 3.11. The molecule has 0 saturated carbocycles. The summed E-state index contributed by atoms with van der Waals surface area (Å²) in [4.78, 5) is 47.3. The summed E-state index contributed by atoms with van der Waals surface area (Å²) in [5.41, 5.74) is 0.519. The molecule has 0 unspecified atom stereocenters. The molecule has 2 N–H and O–H groups in total. The molecule has 0 spiro atoms. The summed E-state index contributed by atoms with van der Waals surface area (Å²) in [6.45, 7) is 1.35. The first-order valence-electron chi connectivity index (χ1n) is 7.26. The highest BCUT2D eigenvalue weighted by Crippen LogP contribution is 2.16. The Bertz CT molecular complexity index is 615. The number of amides is 3. The van der Waals surface area contributed by atoms with Crippen molar-refractivity contribution in [2.75, 3.05) is 13.3 Å². The van der Waals surface area contributed by atoms with E-state index in [1.54, 1.807) is 23.9 Å². The summed E-state index contributed by atoms with van der Waals surface area (Å²) in [7, 11) is 1.36. The Morgan fingerprint density at radius 1 is 1.12 bits per heavy atom. The van der Waals surface area contributed by atoms with Crippen LogP contribution in [-0.4, -0.2) is 43.1 Å². The maximum absolute atomic E-state index is 12.0. The molecule has 0 aromatic heterocycles. The second-order valence-corrected chi connectivity index (χ2v) is 5.73. The number of thioether (sulfide) groups is 1. The number of ether oxygens (including phenoxy) is 1. The number of imide groups is 1. The standard InChI is InChI=1S/C16H20N2O5S/c1-10(15(21)18-16(22)17-2)23-14(20)9-8-13(19)11-4-6-12(24-3)7-5-11/h4-7,10H,8-9H2,1-3H3,(H2,17,18,21,22)/t10-/m1/s1. The van der Waals surface area contributed by atoms with E-state index in [4.69, 9.17) is 4.74 Å². The fourth-order valence-corrected chi connectivity index (χ4v) is 2.13. The molecule has 0 aliphatic carbocycles. The maximum atomic E-state index is 12.0. The van der Waals surface area contributed by atoms with Crippen LogP contribution in [0.5, 0.6) is 0 Å². The van der Waals surface area contributed by atoms with Gasteiger partial charge in [-0.25, -0.2) is 4.79 Å². The lowest BCUT2D eigenvalue weighted by atomic mass is 10.1. The Hall–Kier alpha value is -2.35. The number of hydrogen-bond donors (Lipinski definition) is 2. The quantitative estimate of drug-likeness (QED) is 0.440. The average Bonchev–Trinajstić information content (AvgIpc) is 2.59. The predicted molar refractivity (Wildman–Crippen MR) is 89.9 cm³/mol. The largest absolute Gasteiger partial charge is 0.453 e. The van der Waals surface area contributed by atoms with Crippen LogP contribution in [0.25, 0.3) is 0 Å².